The quantitative estimate of drug-likeness (QED) is 0.369. The lowest BCUT2D eigenvalue weighted by Gasteiger charge is -2.37. The Bertz CT molecular complexity index is 337. The van der Waals surface area contributed by atoms with Gasteiger partial charge in [0.15, 0.2) is 8.32 Å². The van der Waals surface area contributed by atoms with E-state index in [1.165, 1.54) is 0 Å². The van der Waals surface area contributed by atoms with Crippen LogP contribution in [-0.2, 0) is 9.16 Å². The topological polar surface area (TPSA) is 87.5 Å². The molecule has 1 aliphatic rings. The van der Waals surface area contributed by atoms with Gasteiger partial charge in [0.2, 0.25) is 0 Å². The van der Waals surface area contributed by atoms with Gasteiger partial charge in [-0.05, 0) is 23.7 Å². The lowest BCUT2D eigenvalue weighted by molar-refractivity contribution is 0.00675. The van der Waals surface area contributed by atoms with E-state index in [0.29, 0.717) is 6.61 Å². The molecule has 0 amide bonds. The van der Waals surface area contributed by atoms with Gasteiger partial charge in [0, 0.05) is 4.91 Å². The van der Waals surface area contributed by atoms with E-state index in [-0.39, 0.29) is 11.6 Å². The molecule has 18 heavy (non-hydrogen) atoms. The van der Waals surface area contributed by atoms with E-state index in [9.17, 15) is 5.11 Å². The molecular formula is C11H23N3O3Si. The zero-order chi connectivity index (χ0) is 14.0. The first-order valence-corrected chi connectivity index (χ1v) is 9.07. The Labute approximate surface area is 109 Å². The minimum atomic E-state index is -1.84. The van der Waals surface area contributed by atoms with Crippen molar-refractivity contribution in [2.45, 2.75) is 57.2 Å². The van der Waals surface area contributed by atoms with E-state index < -0.39 is 26.6 Å². The van der Waals surface area contributed by atoms with Crippen molar-refractivity contribution in [1.82, 2.24) is 0 Å². The summed E-state index contributed by atoms with van der Waals surface area (Å²) < 4.78 is 11.4. The average molecular weight is 273 g/mol. The van der Waals surface area contributed by atoms with Crippen LogP contribution in [-0.4, -0.2) is 44.9 Å². The van der Waals surface area contributed by atoms with Crippen molar-refractivity contribution in [3.63, 3.8) is 0 Å². The number of aliphatic hydroxyl groups is 1. The first-order chi connectivity index (χ1) is 8.19. The van der Waals surface area contributed by atoms with Crippen molar-refractivity contribution in [3.8, 4) is 0 Å². The Morgan fingerprint density at radius 2 is 2.11 bits per heavy atom. The van der Waals surface area contributed by atoms with Crippen LogP contribution in [0.25, 0.3) is 10.4 Å². The molecule has 0 bridgehead atoms. The highest BCUT2D eigenvalue weighted by atomic mass is 28.4. The van der Waals surface area contributed by atoms with Gasteiger partial charge in [-0.25, -0.2) is 0 Å². The summed E-state index contributed by atoms with van der Waals surface area (Å²) >= 11 is 0. The number of hydrogen-bond donors (Lipinski definition) is 1. The summed E-state index contributed by atoms with van der Waals surface area (Å²) in [5, 5.41) is 13.6. The third kappa shape index (κ3) is 3.46. The molecule has 0 aromatic heterocycles. The van der Waals surface area contributed by atoms with Gasteiger partial charge in [0.25, 0.3) is 0 Å². The van der Waals surface area contributed by atoms with Crippen molar-refractivity contribution < 1.29 is 14.3 Å². The standard InChI is InChI=1S/C11H23N3O3Si/c1-11(2,3)18(4,5)17-7-9-10(15)8(6-16-9)13-14-12/h8-10,15H,6-7H2,1-5H3. The zero-order valence-electron chi connectivity index (χ0n) is 11.8. The van der Waals surface area contributed by atoms with Crippen molar-refractivity contribution in [2.75, 3.05) is 13.2 Å². The summed E-state index contributed by atoms with van der Waals surface area (Å²) in [6.45, 7) is 11.4. The first kappa shape index (κ1) is 15.5. The summed E-state index contributed by atoms with van der Waals surface area (Å²) in [7, 11) is -1.84. The van der Waals surface area contributed by atoms with Crippen LogP contribution in [0.2, 0.25) is 18.1 Å². The fourth-order valence-electron chi connectivity index (χ4n) is 1.49. The van der Waals surface area contributed by atoms with Crippen molar-refractivity contribution in [1.29, 1.82) is 0 Å². The molecule has 0 saturated carbocycles. The summed E-state index contributed by atoms with van der Waals surface area (Å²) in [5.74, 6) is 0. The molecule has 7 heteroatoms. The molecule has 104 valence electrons. The van der Waals surface area contributed by atoms with E-state index in [0.717, 1.165) is 0 Å². The molecule has 1 saturated heterocycles. The van der Waals surface area contributed by atoms with Crippen LogP contribution in [0, 0.1) is 0 Å². The van der Waals surface area contributed by atoms with Crippen molar-refractivity contribution in [2.24, 2.45) is 5.11 Å². The molecule has 0 aromatic rings. The van der Waals surface area contributed by atoms with Gasteiger partial charge in [0.1, 0.15) is 6.10 Å². The molecule has 1 N–H and O–H groups in total. The van der Waals surface area contributed by atoms with Gasteiger partial charge >= 0.3 is 0 Å². The summed E-state index contributed by atoms with van der Waals surface area (Å²) in [6.07, 6.45) is -1.17. The summed E-state index contributed by atoms with van der Waals surface area (Å²) in [5.41, 5.74) is 8.36. The van der Waals surface area contributed by atoms with Crippen LogP contribution in [0.4, 0.5) is 0 Å². The minimum absolute atomic E-state index is 0.126. The monoisotopic (exact) mass is 273 g/mol. The number of rotatable bonds is 4. The smallest absolute Gasteiger partial charge is 0.192 e. The number of aliphatic hydroxyl groups excluding tert-OH is 1. The Kier molecular flexibility index (Phi) is 4.80. The largest absolute Gasteiger partial charge is 0.414 e. The second kappa shape index (κ2) is 5.58. The molecule has 1 aliphatic heterocycles. The Balaban J connectivity index is 2.53. The van der Waals surface area contributed by atoms with Crippen LogP contribution in [0.5, 0.6) is 0 Å². The van der Waals surface area contributed by atoms with Gasteiger partial charge in [-0.3, -0.25) is 0 Å². The molecule has 0 aliphatic carbocycles. The van der Waals surface area contributed by atoms with Gasteiger partial charge in [-0.15, -0.1) is 0 Å². The van der Waals surface area contributed by atoms with Crippen LogP contribution in [0.1, 0.15) is 20.8 Å². The molecule has 1 fully saturated rings. The zero-order valence-corrected chi connectivity index (χ0v) is 12.8. The highest BCUT2D eigenvalue weighted by Crippen LogP contribution is 2.37. The van der Waals surface area contributed by atoms with Crippen LogP contribution in [0.15, 0.2) is 5.11 Å². The molecular weight excluding hydrogens is 250 g/mol. The average Bonchev–Trinajstić information content (AvgIpc) is 2.57. The maximum atomic E-state index is 9.93. The molecule has 6 nitrogen and oxygen atoms in total. The first-order valence-electron chi connectivity index (χ1n) is 6.17. The van der Waals surface area contributed by atoms with Crippen LogP contribution < -0.4 is 0 Å². The normalized spacial score (nSPS) is 29.1. The van der Waals surface area contributed by atoms with Crippen molar-refractivity contribution >= 4 is 8.32 Å². The molecule has 0 aromatic carbocycles. The van der Waals surface area contributed by atoms with Crippen LogP contribution >= 0.6 is 0 Å². The third-order valence-corrected chi connectivity index (χ3v) is 8.37. The fraction of sp³-hybridized carbons (Fsp3) is 1.00. The maximum Gasteiger partial charge on any atom is 0.192 e. The highest BCUT2D eigenvalue weighted by molar-refractivity contribution is 6.74. The number of ether oxygens (including phenoxy) is 1. The predicted molar refractivity (Wildman–Crippen MR) is 71.8 cm³/mol. The highest BCUT2D eigenvalue weighted by Gasteiger charge is 2.41. The van der Waals surface area contributed by atoms with E-state index in [1.54, 1.807) is 0 Å². The second-order valence-electron chi connectivity index (χ2n) is 6.21. The molecule has 0 spiro atoms. The lowest BCUT2D eigenvalue weighted by Crippen LogP contribution is -2.44. The minimum Gasteiger partial charge on any atom is -0.414 e. The van der Waals surface area contributed by atoms with E-state index >= 15 is 0 Å². The van der Waals surface area contributed by atoms with Gasteiger partial charge in [-0.1, -0.05) is 25.9 Å². The van der Waals surface area contributed by atoms with E-state index in [4.69, 9.17) is 14.7 Å². The Morgan fingerprint density at radius 3 is 2.61 bits per heavy atom. The maximum absolute atomic E-state index is 9.93. The number of hydrogen-bond acceptors (Lipinski definition) is 4. The third-order valence-electron chi connectivity index (χ3n) is 3.87. The summed E-state index contributed by atoms with van der Waals surface area (Å²) in [4.78, 5) is 2.70. The van der Waals surface area contributed by atoms with E-state index in [2.05, 4.69) is 43.9 Å². The summed E-state index contributed by atoms with van der Waals surface area (Å²) in [6, 6.07) is -0.497. The van der Waals surface area contributed by atoms with E-state index in [1.807, 2.05) is 0 Å². The molecule has 1 heterocycles. The second-order valence-corrected chi connectivity index (χ2v) is 11.0. The van der Waals surface area contributed by atoms with Crippen molar-refractivity contribution in [3.05, 3.63) is 10.4 Å². The van der Waals surface area contributed by atoms with Gasteiger partial charge in [0.05, 0.1) is 25.4 Å². The number of azide groups is 1. The van der Waals surface area contributed by atoms with Gasteiger partial charge in [-0.2, -0.15) is 0 Å². The Hall–Kier alpha value is -0.593. The van der Waals surface area contributed by atoms with Gasteiger partial charge < -0.3 is 14.3 Å². The number of nitrogens with zero attached hydrogens (tertiary/aromatic N) is 3. The molecule has 3 atom stereocenters. The van der Waals surface area contributed by atoms with Crippen LogP contribution in [0.3, 0.4) is 0 Å². The predicted octanol–water partition coefficient (Wildman–Crippen LogP) is 2.45. The Morgan fingerprint density at radius 1 is 1.50 bits per heavy atom. The molecule has 1 rings (SSSR count). The molecule has 3 unspecified atom stereocenters. The SMILES string of the molecule is CC(C)(C)[Si](C)(C)OCC1OCC(N=[N+]=[N-])C1O. The fourth-order valence-corrected chi connectivity index (χ4v) is 2.50. The molecule has 0 radical (unpaired) electrons. The lowest BCUT2D eigenvalue weighted by atomic mass is 10.1.